The molecule has 2 unspecified atom stereocenters. The van der Waals surface area contributed by atoms with E-state index >= 15 is 0 Å². The van der Waals surface area contributed by atoms with Crippen LogP contribution in [0.25, 0.3) is 0 Å². The summed E-state index contributed by atoms with van der Waals surface area (Å²) in [6.07, 6.45) is -0.677. The van der Waals surface area contributed by atoms with Crippen molar-refractivity contribution >= 4 is 6.16 Å². The van der Waals surface area contributed by atoms with E-state index in [-0.39, 0.29) is 12.0 Å². The highest BCUT2D eigenvalue weighted by molar-refractivity contribution is 5.61. The van der Waals surface area contributed by atoms with Gasteiger partial charge >= 0.3 is 6.16 Å². The fourth-order valence-corrected chi connectivity index (χ4v) is 1.63. The third-order valence-corrected chi connectivity index (χ3v) is 2.46. The number of carbonyl (C=O) groups is 1. The summed E-state index contributed by atoms with van der Waals surface area (Å²) in [5, 5.41) is 0. The third-order valence-electron chi connectivity index (χ3n) is 2.46. The van der Waals surface area contributed by atoms with Gasteiger partial charge < -0.3 is 9.47 Å². The highest BCUT2D eigenvalue weighted by Crippen LogP contribution is 2.25. The number of cyclic esters (lactones) is 2. The van der Waals surface area contributed by atoms with E-state index in [9.17, 15) is 4.79 Å². The van der Waals surface area contributed by atoms with E-state index in [2.05, 4.69) is 0 Å². The molecule has 0 saturated carbocycles. The van der Waals surface area contributed by atoms with Gasteiger partial charge in [0.15, 0.2) is 0 Å². The summed E-state index contributed by atoms with van der Waals surface area (Å²) in [4.78, 5) is 10.8. The topological polar surface area (TPSA) is 35.5 Å². The third kappa shape index (κ3) is 1.71. The maximum absolute atomic E-state index is 10.8. The Balaban J connectivity index is 2.16. The lowest BCUT2D eigenvalue weighted by atomic mass is 9.94. The number of benzene rings is 1. The SMILES string of the molecule is CC1OC(=O)OCC1c1ccccc1. The monoisotopic (exact) mass is 192 g/mol. The molecule has 0 aliphatic carbocycles. The molecule has 3 heteroatoms. The molecule has 1 aromatic carbocycles. The van der Waals surface area contributed by atoms with Gasteiger partial charge in [-0.15, -0.1) is 0 Å². The molecule has 3 nitrogen and oxygen atoms in total. The molecule has 74 valence electrons. The largest absolute Gasteiger partial charge is 0.508 e. The summed E-state index contributed by atoms with van der Waals surface area (Å²) in [5.41, 5.74) is 1.15. The Morgan fingerprint density at radius 3 is 2.64 bits per heavy atom. The van der Waals surface area contributed by atoms with E-state index in [1.54, 1.807) is 0 Å². The Hall–Kier alpha value is -1.51. The highest BCUT2D eigenvalue weighted by Gasteiger charge is 2.29. The van der Waals surface area contributed by atoms with E-state index < -0.39 is 6.16 Å². The lowest BCUT2D eigenvalue weighted by Crippen LogP contribution is -2.33. The van der Waals surface area contributed by atoms with Crippen molar-refractivity contribution in [3.05, 3.63) is 35.9 Å². The molecule has 0 bridgehead atoms. The minimum Gasteiger partial charge on any atom is -0.433 e. The number of ether oxygens (including phenoxy) is 2. The van der Waals surface area contributed by atoms with Crippen LogP contribution >= 0.6 is 0 Å². The highest BCUT2D eigenvalue weighted by atomic mass is 16.7. The Morgan fingerprint density at radius 2 is 2.00 bits per heavy atom. The van der Waals surface area contributed by atoms with Gasteiger partial charge in [-0.05, 0) is 12.5 Å². The number of hydrogen-bond donors (Lipinski definition) is 0. The Morgan fingerprint density at radius 1 is 1.29 bits per heavy atom. The second-order valence-electron chi connectivity index (χ2n) is 3.40. The van der Waals surface area contributed by atoms with Gasteiger partial charge in [0.1, 0.15) is 12.7 Å². The molecule has 1 aliphatic rings. The van der Waals surface area contributed by atoms with E-state index in [0.29, 0.717) is 6.61 Å². The first-order valence-electron chi connectivity index (χ1n) is 4.66. The van der Waals surface area contributed by atoms with Crippen LogP contribution in [0.3, 0.4) is 0 Å². The van der Waals surface area contributed by atoms with Gasteiger partial charge in [-0.2, -0.15) is 0 Å². The lowest BCUT2D eigenvalue weighted by molar-refractivity contribution is -0.0294. The summed E-state index contributed by atoms with van der Waals surface area (Å²) in [7, 11) is 0. The molecule has 1 aromatic rings. The zero-order valence-electron chi connectivity index (χ0n) is 7.97. The molecule has 2 atom stereocenters. The van der Waals surface area contributed by atoms with Crippen molar-refractivity contribution in [2.45, 2.75) is 18.9 Å². The number of carbonyl (C=O) groups excluding carboxylic acids is 1. The van der Waals surface area contributed by atoms with Gasteiger partial charge in [-0.25, -0.2) is 4.79 Å². The fraction of sp³-hybridized carbons (Fsp3) is 0.364. The normalized spacial score (nSPS) is 26.5. The first-order valence-corrected chi connectivity index (χ1v) is 4.66. The average Bonchev–Trinajstić information content (AvgIpc) is 2.19. The second kappa shape index (κ2) is 3.70. The molecule has 1 fully saturated rings. The summed E-state index contributed by atoms with van der Waals surface area (Å²) >= 11 is 0. The number of rotatable bonds is 1. The predicted molar refractivity (Wildman–Crippen MR) is 51.1 cm³/mol. The summed E-state index contributed by atoms with van der Waals surface area (Å²) in [6, 6.07) is 9.94. The first kappa shape index (κ1) is 9.06. The van der Waals surface area contributed by atoms with Crippen LogP contribution in [0.5, 0.6) is 0 Å². The molecule has 0 spiro atoms. The van der Waals surface area contributed by atoms with Gasteiger partial charge in [0.05, 0.1) is 5.92 Å². The van der Waals surface area contributed by atoms with Gasteiger partial charge in [-0.1, -0.05) is 30.3 Å². The fourth-order valence-electron chi connectivity index (χ4n) is 1.63. The van der Waals surface area contributed by atoms with Crippen LogP contribution in [0.4, 0.5) is 4.79 Å². The van der Waals surface area contributed by atoms with Gasteiger partial charge in [0.2, 0.25) is 0 Å². The smallest absolute Gasteiger partial charge is 0.433 e. The molecule has 0 amide bonds. The van der Waals surface area contributed by atoms with Gasteiger partial charge in [-0.3, -0.25) is 0 Å². The molecule has 1 heterocycles. The van der Waals surface area contributed by atoms with Crippen molar-refractivity contribution in [1.82, 2.24) is 0 Å². The molecule has 0 aromatic heterocycles. The molecule has 0 radical (unpaired) electrons. The standard InChI is InChI=1S/C11H12O3/c1-8-10(7-13-11(12)14-8)9-5-3-2-4-6-9/h2-6,8,10H,7H2,1H3. The Labute approximate surface area is 82.6 Å². The van der Waals surface area contributed by atoms with Crippen LogP contribution in [-0.2, 0) is 9.47 Å². The average molecular weight is 192 g/mol. The first-order chi connectivity index (χ1) is 6.77. The van der Waals surface area contributed by atoms with E-state index in [0.717, 1.165) is 5.56 Å². The zero-order chi connectivity index (χ0) is 9.97. The molecule has 14 heavy (non-hydrogen) atoms. The van der Waals surface area contributed by atoms with Crippen LogP contribution in [0.1, 0.15) is 18.4 Å². The van der Waals surface area contributed by atoms with Crippen molar-refractivity contribution in [2.75, 3.05) is 6.61 Å². The van der Waals surface area contributed by atoms with Crippen LogP contribution in [-0.4, -0.2) is 18.9 Å². The predicted octanol–water partition coefficient (Wildman–Crippen LogP) is 2.33. The van der Waals surface area contributed by atoms with E-state index in [1.165, 1.54) is 0 Å². The minimum atomic E-state index is -0.565. The van der Waals surface area contributed by atoms with Crippen LogP contribution in [0, 0.1) is 0 Å². The molecule has 1 aliphatic heterocycles. The molecular formula is C11H12O3. The summed E-state index contributed by atoms with van der Waals surface area (Å²) < 4.78 is 9.85. The van der Waals surface area contributed by atoms with Gasteiger partial charge in [0, 0.05) is 0 Å². The van der Waals surface area contributed by atoms with Crippen LogP contribution in [0.2, 0.25) is 0 Å². The second-order valence-corrected chi connectivity index (χ2v) is 3.40. The van der Waals surface area contributed by atoms with Crippen molar-refractivity contribution in [3.63, 3.8) is 0 Å². The molecule has 2 rings (SSSR count). The maximum atomic E-state index is 10.8. The van der Waals surface area contributed by atoms with E-state index in [4.69, 9.17) is 9.47 Å². The maximum Gasteiger partial charge on any atom is 0.508 e. The lowest BCUT2D eigenvalue weighted by Gasteiger charge is -2.28. The Kier molecular flexibility index (Phi) is 2.39. The molecular weight excluding hydrogens is 180 g/mol. The summed E-state index contributed by atoms with van der Waals surface area (Å²) in [5.74, 6) is 0.147. The van der Waals surface area contributed by atoms with Crippen molar-refractivity contribution in [2.24, 2.45) is 0 Å². The Bertz CT molecular complexity index is 321. The van der Waals surface area contributed by atoms with Crippen LogP contribution < -0.4 is 0 Å². The van der Waals surface area contributed by atoms with Crippen molar-refractivity contribution in [1.29, 1.82) is 0 Å². The van der Waals surface area contributed by atoms with E-state index in [1.807, 2.05) is 37.3 Å². The number of hydrogen-bond acceptors (Lipinski definition) is 3. The zero-order valence-corrected chi connectivity index (χ0v) is 7.97. The minimum absolute atomic E-state index is 0.112. The molecule has 1 saturated heterocycles. The summed E-state index contributed by atoms with van der Waals surface area (Å²) in [6.45, 7) is 2.29. The molecule has 0 N–H and O–H groups in total. The van der Waals surface area contributed by atoms with Crippen LogP contribution in [0.15, 0.2) is 30.3 Å². The van der Waals surface area contributed by atoms with Gasteiger partial charge in [0.25, 0.3) is 0 Å². The van der Waals surface area contributed by atoms with Crippen molar-refractivity contribution < 1.29 is 14.3 Å². The van der Waals surface area contributed by atoms with Crippen molar-refractivity contribution in [3.8, 4) is 0 Å². The quantitative estimate of drug-likeness (QED) is 0.640.